The Balaban J connectivity index is 1.52. The molecule has 7 nitrogen and oxygen atoms in total. The maximum absolute atomic E-state index is 12.3. The van der Waals surface area contributed by atoms with Gasteiger partial charge in [0.25, 0.3) is 0 Å². The van der Waals surface area contributed by atoms with Gasteiger partial charge in [-0.3, -0.25) is 9.59 Å². The number of hydrogen-bond donors (Lipinski definition) is 1. The van der Waals surface area contributed by atoms with E-state index in [2.05, 4.69) is 10.2 Å². The van der Waals surface area contributed by atoms with Gasteiger partial charge in [-0.15, -0.1) is 0 Å². The van der Waals surface area contributed by atoms with Crippen LogP contribution in [0.1, 0.15) is 5.76 Å². The van der Waals surface area contributed by atoms with E-state index in [1.165, 1.54) is 6.26 Å². The molecule has 0 atom stereocenters. The van der Waals surface area contributed by atoms with Gasteiger partial charge < -0.3 is 24.3 Å². The van der Waals surface area contributed by atoms with Gasteiger partial charge in [-0.05, 0) is 24.3 Å². The van der Waals surface area contributed by atoms with Crippen molar-refractivity contribution in [2.75, 3.05) is 38.2 Å². The normalized spacial score (nSPS) is 14.3. The van der Waals surface area contributed by atoms with Crippen LogP contribution in [0.15, 0.2) is 47.1 Å². The minimum atomic E-state index is -0.609. The van der Waals surface area contributed by atoms with Crippen molar-refractivity contribution in [2.45, 2.75) is 6.54 Å². The van der Waals surface area contributed by atoms with E-state index in [0.29, 0.717) is 31.9 Å². The van der Waals surface area contributed by atoms with E-state index in [-0.39, 0.29) is 6.54 Å². The number of furan rings is 1. The zero-order valence-corrected chi connectivity index (χ0v) is 14.1. The summed E-state index contributed by atoms with van der Waals surface area (Å²) in [6.45, 7) is 2.49. The number of nitrogens with zero attached hydrogens (tertiary/aromatic N) is 2. The third-order valence-electron chi connectivity index (χ3n) is 4.19. The van der Waals surface area contributed by atoms with Crippen molar-refractivity contribution >= 4 is 17.5 Å². The minimum Gasteiger partial charge on any atom is -0.495 e. The number of rotatable bonds is 4. The molecule has 25 heavy (non-hydrogen) atoms. The van der Waals surface area contributed by atoms with Crippen LogP contribution >= 0.6 is 0 Å². The molecule has 2 aromatic rings. The Morgan fingerprint density at radius 1 is 1.12 bits per heavy atom. The number of benzene rings is 1. The Hall–Kier alpha value is -2.96. The van der Waals surface area contributed by atoms with Gasteiger partial charge in [-0.25, -0.2) is 0 Å². The summed E-state index contributed by atoms with van der Waals surface area (Å²) < 4.78 is 10.5. The monoisotopic (exact) mass is 343 g/mol. The smallest absolute Gasteiger partial charge is 0.312 e. The van der Waals surface area contributed by atoms with Crippen LogP contribution in [-0.2, 0) is 16.1 Å². The zero-order valence-electron chi connectivity index (χ0n) is 14.1. The lowest BCUT2D eigenvalue weighted by molar-refractivity contribution is -0.146. The van der Waals surface area contributed by atoms with Crippen LogP contribution in [-0.4, -0.2) is 50.0 Å². The van der Waals surface area contributed by atoms with Crippen molar-refractivity contribution in [3.8, 4) is 5.75 Å². The van der Waals surface area contributed by atoms with Crippen LogP contribution in [0.2, 0.25) is 0 Å². The second-order valence-electron chi connectivity index (χ2n) is 5.71. The molecule has 1 aliphatic rings. The first kappa shape index (κ1) is 16.9. The van der Waals surface area contributed by atoms with Crippen molar-refractivity contribution in [1.29, 1.82) is 0 Å². The summed E-state index contributed by atoms with van der Waals surface area (Å²) in [5.74, 6) is 0.300. The molecule has 0 bridgehead atoms. The number of anilines is 1. The van der Waals surface area contributed by atoms with Gasteiger partial charge >= 0.3 is 11.8 Å². The highest BCUT2D eigenvalue weighted by atomic mass is 16.5. The molecule has 2 heterocycles. The lowest BCUT2D eigenvalue weighted by atomic mass is 10.2. The minimum absolute atomic E-state index is 0.207. The molecular weight excluding hydrogens is 322 g/mol. The molecule has 1 aromatic carbocycles. The standard InChI is InChI=1S/C18H21N3O4/c1-24-16-7-3-2-6-15(16)20-8-10-21(11-9-20)18(23)17(22)19-13-14-5-4-12-25-14/h2-7,12H,8-11,13H2,1H3,(H,19,22). The molecular formula is C18H21N3O4. The molecule has 0 saturated carbocycles. The SMILES string of the molecule is COc1ccccc1N1CCN(C(=O)C(=O)NCc2ccco2)CC1. The van der Waals surface area contributed by atoms with Crippen LogP contribution in [0, 0.1) is 0 Å². The van der Waals surface area contributed by atoms with Crippen molar-refractivity contribution in [3.63, 3.8) is 0 Å². The van der Waals surface area contributed by atoms with Gasteiger partial charge in [0, 0.05) is 26.2 Å². The Kier molecular flexibility index (Phi) is 5.23. The highest BCUT2D eigenvalue weighted by Crippen LogP contribution is 2.28. The summed E-state index contributed by atoms with van der Waals surface area (Å²) >= 11 is 0. The Morgan fingerprint density at radius 2 is 1.88 bits per heavy atom. The number of carbonyl (C=O) groups is 2. The zero-order chi connectivity index (χ0) is 17.6. The van der Waals surface area contributed by atoms with E-state index in [0.717, 1.165) is 11.4 Å². The molecule has 1 saturated heterocycles. The van der Waals surface area contributed by atoms with Crippen LogP contribution in [0.4, 0.5) is 5.69 Å². The maximum Gasteiger partial charge on any atom is 0.312 e. The highest BCUT2D eigenvalue weighted by molar-refractivity contribution is 6.35. The number of para-hydroxylation sites is 2. The molecule has 3 rings (SSSR count). The Morgan fingerprint density at radius 3 is 2.56 bits per heavy atom. The summed E-state index contributed by atoms with van der Waals surface area (Å²) in [5.41, 5.74) is 0.999. The van der Waals surface area contributed by atoms with Gasteiger partial charge in [0.05, 0.1) is 25.6 Å². The van der Waals surface area contributed by atoms with Crippen molar-refractivity contribution in [2.24, 2.45) is 0 Å². The quantitative estimate of drug-likeness (QED) is 0.846. The molecule has 0 radical (unpaired) electrons. The van der Waals surface area contributed by atoms with E-state index in [1.807, 2.05) is 24.3 Å². The van der Waals surface area contributed by atoms with Crippen molar-refractivity contribution in [1.82, 2.24) is 10.2 Å². The number of amides is 2. The maximum atomic E-state index is 12.3. The fourth-order valence-electron chi connectivity index (χ4n) is 2.84. The summed E-state index contributed by atoms with van der Waals surface area (Å²) in [6.07, 6.45) is 1.53. The van der Waals surface area contributed by atoms with E-state index in [4.69, 9.17) is 9.15 Å². The van der Waals surface area contributed by atoms with E-state index < -0.39 is 11.8 Å². The summed E-state index contributed by atoms with van der Waals surface area (Å²) in [7, 11) is 1.64. The second kappa shape index (κ2) is 7.74. The summed E-state index contributed by atoms with van der Waals surface area (Å²) in [5, 5.41) is 2.59. The predicted octanol–water partition coefficient (Wildman–Crippen LogP) is 1.25. The predicted molar refractivity (Wildman–Crippen MR) is 92.3 cm³/mol. The van der Waals surface area contributed by atoms with E-state index >= 15 is 0 Å². The van der Waals surface area contributed by atoms with Crippen molar-refractivity contribution in [3.05, 3.63) is 48.4 Å². The number of carbonyl (C=O) groups excluding carboxylic acids is 2. The number of methoxy groups -OCH3 is 1. The molecule has 2 amide bonds. The molecule has 1 fully saturated rings. The molecule has 0 aliphatic carbocycles. The molecule has 0 spiro atoms. The highest BCUT2D eigenvalue weighted by Gasteiger charge is 2.26. The third kappa shape index (κ3) is 3.93. The molecule has 1 aliphatic heterocycles. The Bertz CT molecular complexity index is 722. The third-order valence-corrected chi connectivity index (χ3v) is 4.19. The number of ether oxygens (including phenoxy) is 1. The molecule has 0 unspecified atom stereocenters. The molecule has 1 N–H and O–H groups in total. The lowest BCUT2D eigenvalue weighted by Crippen LogP contribution is -2.52. The van der Waals surface area contributed by atoms with Crippen LogP contribution in [0.5, 0.6) is 5.75 Å². The molecule has 1 aromatic heterocycles. The van der Waals surface area contributed by atoms with E-state index in [1.54, 1.807) is 24.1 Å². The average Bonchev–Trinajstić information content (AvgIpc) is 3.19. The fraction of sp³-hybridized carbons (Fsp3) is 0.333. The topological polar surface area (TPSA) is 75.0 Å². The average molecular weight is 343 g/mol. The van der Waals surface area contributed by atoms with Gasteiger partial charge in [-0.1, -0.05) is 12.1 Å². The second-order valence-corrected chi connectivity index (χ2v) is 5.71. The number of hydrogen-bond acceptors (Lipinski definition) is 5. The van der Waals surface area contributed by atoms with Crippen LogP contribution < -0.4 is 15.0 Å². The number of nitrogens with one attached hydrogen (secondary N) is 1. The lowest BCUT2D eigenvalue weighted by Gasteiger charge is -2.36. The molecule has 132 valence electrons. The first-order valence-electron chi connectivity index (χ1n) is 8.16. The van der Waals surface area contributed by atoms with Gasteiger partial charge in [-0.2, -0.15) is 0 Å². The van der Waals surface area contributed by atoms with Gasteiger partial charge in [0.1, 0.15) is 11.5 Å². The largest absolute Gasteiger partial charge is 0.495 e. The molecule has 7 heteroatoms. The summed E-state index contributed by atoms with van der Waals surface area (Å²) in [6, 6.07) is 11.3. The van der Waals surface area contributed by atoms with Gasteiger partial charge in [0.2, 0.25) is 0 Å². The van der Waals surface area contributed by atoms with Crippen LogP contribution in [0.3, 0.4) is 0 Å². The summed E-state index contributed by atoms with van der Waals surface area (Å²) in [4.78, 5) is 28.0. The van der Waals surface area contributed by atoms with Crippen molar-refractivity contribution < 1.29 is 18.7 Å². The van der Waals surface area contributed by atoms with E-state index in [9.17, 15) is 9.59 Å². The van der Waals surface area contributed by atoms with Crippen LogP contribution in [0.25, 0.3) is 0 Å². The van der Waals surface area contributed by atoms with Gasteiger partial charge in [0.15, 0.2) is 0 Å². The fourth-order valence-corrected chi connectivity index (χ4v) is 2.84. The first-order chi connectivity index (χ1) is 12.2. The Labute approximate surface area is 146 Å². The number of piperazine rings is 1. The first-order valence-corrected chi connectivity index (χ1v) is 8.16.